The van der Waals surface area contributed by atoms with E-state index in [2.05, 4.69) is 39.9 Å². The Labute approximate surface area is 159 Å². The Morgan fingerprint density at radius 1 is 1.00 bits per heavy atom. The van der Waals surface area contributed by atoms with E-state index in [-0.39, 0.29) is 0 Å². The first-order valence-corrected chi connectivity index (χ1v) is 11.7. The zero-order valence-corrected chi connectivity index (χ0v) is 18.0. The maximum atomic E-state index is 3.64. The van der Waals surface area contributed by atoms with Gasteiger partial charge in [0.25, 0.3) is 0 Å². The summed E-state index contributed by atoms with van der Waals surface area (Å²) in [6.45, 7) is 14.8. The molecule has 1 N–H and O–H groups in total. The molecule has 7 atom stereocenters. The summed E-state index contributed by atoms with van der Waals surface area (Å²) in [5, 5.41) is 3.64. The van der Waals surface area contributed by atoms with Crippen molar-refractivity contribution in [2.45, 2.75) is 98.8 Å². The third-order valence-corrected chi connectivity index (χ3v) is 7.86. The van der Waals surface area contributed by atoms with Crippen molar-refractivity contribution >= 4 is 0 Å². The Hall–Kier alpha value is -0.0400. The summed E-state index contributed by atoms with van der Waals surface area (Å²) in [7, 11) is 0. The van der Waals surface area contributed by atoms with Gasteiger partial charge in [0.1, 0.15) is 0 Å². The average Bonchev–Trinajstić information content (AvgIpc) is 2.62. The molecule has 0 saturated heterocycles. The van der Waals surface area contributed by atoms with Gasteiger partial charge in [-0.15, -0.1) is 0 Å². The van der Waals surface area contributed by atoms with E-state index in [1.807, 2.05) is 0 Å². The van der Waals surface area contributed by atoms with Gasteiger partial charge in [-0.05, 0) is 86.6 Å². The second-order valence-electron chi connectivity index (χ2n) is 10.0. The van der Waals surface area contributed by atoms with E-state index < -0.39 is 0 Å². The number of hydrogen-bond donors (Lipinski definition) is 1. The fourth-order valence-corrected chi connectivity index (χ4v) is 5.84. The minimum atomic E-state index is 0.834. The van der Waals surface area contributed by atoms with E-state index in [9.17, 15) is 0 Å². The van der Waals surface area contributed by atoms with Crippen LogP contribution in [0.15, 0.2) is 0 Å². The number of rotatable bonds is 10. The average molecular weight is 350 g/mol. The van der Waals surface area contributed by atoms with Crippen molar-refractivity contribution in [3.05, 3.63) is 0 Å². The monoisotopic (exact) mass is 349 g/mol. The van der Waals surface area contributed by atoms with Crippen LogP contribution in [0.2, 0.25) is 0 Å². The molecule has 0 spiro atoms. The summed E-state index contributed by atoms with van der Waals surface area (Å²) in [4.78, 5) is 0. The van der Waals surface area contributed by atoms with Crippen LogP contribution in [-0.2, 0) is 0 Å². The summed E-state index contributed by atoms with van der Waals surface area (Å²) >= 11 is 0. The van der Waals surface area contributed by atoms with Gasteiger partial charge in [0.05, 0.1) is 0 Å². The summed E-state index contributed by atoms with van der Waals surface area (Å²) in [6, 6.07) is 0. The molecule has 0 bridgehead atoms. The lowest BCUT2D eigenvalue weighted by Crippen LogP contribution is -2.38. The number of hydrogen-bond acceptors (Lipinski definition) is 1. The molecular formula is C24H47N. The molecule has 2 aliphatic carbocycles. The zero-order chi connectivity index (χ0) is 18.2. The molecule has 0 heterocycles. The van der Waals surface area contributed by atoms with E-state index in [0.717, 1.165) is 41.4 Å². The van der Waals surface area contributed by atoms with Crippen molar-refractivity contribution in [1.82, 2.24) is 5.32 Å². The van der Waals surface area contributed by atoms with Crippen molar-refractivity contribution in [1.29, 1.82) is 0 Å². The lowest BCUT2D eigenvalue weighted by atomic mass is 9.59. The minimum Gasteiger partial charge on any atom is -0.316 e. The third kappa shape index (κ3) is 6.56. The van der Waals surface area contributed by atoms with Gasteiger partial charge in [-0.1, -0.05) is 66.7 Å². The van der Waals surface area contributed by atoms with E-state index in [1.165, 1.54) is 77.3 Å². The minimum absolute atomic E-state index is 0.834. The molecule has 0 amide bonds. The van der Waals surface area contributed by atoms with E-state index in [4.69, 9.17) is 0 Å². The normalized spacial score (nSPS) is 33.5. The third-order valence-electron chi connectivity index (χ3n) is 7.86. The standard InChI is InChI=1S/C24H47N/c1-6-7-15-25-17-19(3)11-13-20(4)21(5)23-10-8-9-22-14-12-18(2)16-24(22)23/h18-25H,6-17H2,1-5H3/t18-,19?,20+,21-,22?,23?,24?/m0/s1. The second kappa shape index (κ2) is 11.0. The van der Waals surface area contributed by atoms with Gasteiger partial charge in [0.15, 0.2) is 0 Å². The Morgan fingerprint density at radius 3 is 2.56 bits per heavy atom. The van der Waals surface area contributed by atoms with Crippen LogP contribution in [0, 0.1) is 41.4 Å². The van der Waals surface area contributed by atoms with Crippen molar-refractivity contribution in [2.24, 2.45) is 41.4 Å². The van der Waals surface area contributed by atoms with Gasteiger partial charge < -0.3 is 5.32 Å². The summed E-state index contributed by atoms with van der Waals surface area (Å²) in [5.41, 5.74) is 0. The topological polar surface area (TPSA) is 12.0 Å². The van der Waals surface area contributed by atoms with Crippen molar-refractivity contribution in [3.63, 3.8) is 0 Å². The predicted octanol–water partition coefficient (Wildman–Crippen LogP) is 6.92. The number of unbranched alkanes of at least 4 members (excludes halogenated alkanes) is 1. The molecule has 0 radical (unpaired) electrons. The lowest BCUT2D eigenvalue weighted by Gasteiger charge is -2.47. The molecule has 4 unspecified atom stereocenters. The zero-order valence-electron chi connectivity index (χ0n) is 18.0. The molecule has 1 nitrogen and oxygen atoms in total. The Kier molecular flexibility index (Phi) is 9.31. The van der Waals surface area contributed by atoms with Crippen LogP contribution >= 0.6 is 0 Å². The van der Waals surface area contributed by atoms with Crippen LogP contribution in [0.3, 0.4) is 0 Å². The summed E-state index contributed by atoms with van der Waals surface area (Å²) in [5.74, 6) is 6.81. The van der Waals surface area contributed by atoms with Crippen LogP contribution in [0.1, 0.15) is 98.8 Å². The molecule has 2 saturated carbocycles. The van der Waals surface area contributed by atoms with Crippen LogP contribution in [0.25, 0.3) is 0 Å². The van der Waals surface area contributed by atoms with Gasteiger partial charge in [0.2, 0.25) is 0 Å². The Balaban J connectivity index is 1.75. The van der Waals surface area contributed by atoms with Gasteiger partial charge in [-0.3, -0.25) is 0 Å². The van der Waals surface area contributed by atoms with Gasteiger partial charge in [0, 0.05) is 0 Å². The molecule has 0 aromatic heterocycles. The maximum absolute atomic E-state index is 3.64. The smallest absolute Gasteiger partial charge is 0.00232 e. The molecule has 148 valence electrons. The Morgan fingerprint density at radius 2 is 1.80 bits per heavy atom. The fraction of sp³-hybridized carbons (Fsp3) is 1.00. The van der Waals surface area contributed by atoms with Gasteiger partial charge >= 0.3 is 0 Å². The molecule has 1 heteroatoms. The molecular weight excluding hydrogens is 302 g/mol. The highest BCUT2D eigenvalue weighted by atomic mass is 14.8. The van der Waals surface area contributed by atoms with Crippen LogP contribution < -0.4 is 5.32 Å². The predicted molar refractivity (Wildman–Crippen MR) is 112 cm³/mol. The second-order valence-corrected chi connectivity index (χ2v) is 10.0. The van der Waals surface area contributed by atoms with E-state index in [0.29, 0.717) is 0 Å². The molecule has 0 aromatic carbocycles. The molecule has 2 rings (SSSR count). The van der Waals surface area contributed by atoms with E-state index >= 15 is 0 Å². The first kappa shape index (κ1) is 21.3. The molecule has 0 aliphatic heterocycles. The van der Waals surface area contributed by atoms with Gasteiger partial charge in [-0.2, -0.15) is 0 Å². The summed E-state index contributed by atoms with van der Waals surface area (Å²) in [6.07, 6.45) is 14.6. The highest BCUT2D eigenvalue weighted by Gasteiger charge is 2.40. The number of fused-ring (bicyclic) bond motifs is 1. The largest absolute Gasteiger partial charge is 0.316 e. The highest BCUT2D eigenvalue weighted by Crippen LogP contribution is 2.49. The number of nitrogens with one attached hydrogen (secondary N) is 1. The van der Waals surface area contributed by atoms with Crippen molar-refractivity contribution in [2.75, 3.05) is 13.1 Å². The van der Waals surface area contributed by atoms with Crippen LogP contribution in [0.4, 0.5) is 0 Å². The van der Waals surface area contributed by atoms with Crippen molar-refractivity contribution < 1.29 is 0 Å². The van der Waals surface area contributed by atoms with Gasteiger partial charge in [-0.25, -0.2) is 0 Å². The SMILES string of the molecule is CCCCNCC(C)CC[C@@H](C)[C@H](C)C1CCCC2CC[C@H](C)CC21. The highest BCUT2D eigenvalue weighted by molar-refractivity contribution is 4.90. The maximum Gasteiger partial charge on any atom is -0.00232 e. The van der Waals surface area contributed by atoms with Crippen molar-refractivity contribution in [3.8, 4) is 0 Å². The van der Waals surface area contributed by atoms with Crippen LogP contribution in [-0.4, -0.2) is 13.1 Å². The van der Waals surface area contributed by atoms with E-state index in [1.54, 1.807) is 0 Å². The summed E-state index contributed by atoms with van der Waals surface area (Å²) < 4.78 is 0. The molecule has 2 fully saturated rings. The first-order valence-electron chi connectivity index (χ1n) is 11.7. The molecule has 0 aromatic rings. The van der Waals surface area contributed by atoms with Crippen LogP contribution in [0.5, 0.6) is 0 Å². The first-order chi connectivity index (χ1) is 12.0. The molecule has 2 aliphatic rings. The molecule has 25 heavy (non-hydrogen) atoms. The lowest BCUT2D eigenvalue weighted by molar-refractivity contribution is 0.0320. The quantitative estimate of drug-likeness (QED) is 0.422. The fourth-order valence-electron chi connectivity index (χ4n) is 5.84. The Bertz CT molecular complexity index is 352.